The first-order chi connectivity index (χ1) is 15.4. The zero-order chi connectivity index (χ0) is 22.8. The summed E-state index contributed by atoms with van der Waals surface area (Å²) in [6.07, 6.45) is 5.90. The number of carbonyl (C=O) groups excluding carboxylic acids is 2. The molecule has 1 saturated heterocycles. The van der Waals surface area contributed by atoms with E-state index in [1.165, 1.54) is 0 Å². The summed E-state index contributed by atoms with van der Waals surface area (Å²) in [7, 11) is 0. The van der Waals surface area contributed by atoms with Crippen molar-refractivity contribution >= 4 is 29.1 Å². The lowest BCUT2D eigenvalue weighted by Crippen LogP contribution is -2.31. The molecule has 32 heavy (non-hydrogen) atoms. The van der Waals surface area contributed by atoms with Gasteiger partial charge in [-0.3, -0.25) is 9.59 Å². The van der Waals surface area contributed by atoms with Crippen LogP contribution in [0.5, 0.6) is 0 Å². The Morgan fingerprint density at radius 3 is 2.53 bits per heavy atom. The number of Topliss-reactive ketones (excluding diaryl/α,β-unsaturated/α-hetero) is 1. The summed E-state index contributed by atoms with van der Waals surface area (Å²) in [5.41, 5.74) is 3.17. The first kappa shape index (κ1) is 21.8. The number of halogens is 1. The van der Waals surface area contributed by atoms with E-state index in [-0.39, 0.29) is 11.3 Å². The van der Waals surface area contributed by atoms with Crippen molar-refractivity contribution in [2.24, 2.45) is 0 Å². The maximum absolute atomic E-state index is 13.1. The molecule has 1 aromatic heterocycles. The molecule has 0 bridgehead atoms. The van der Waals surface area contributed by atoms with Gasteiger partial charge in [0.25, 0.3) is 11.7 Å². The van der Waals surface area contributed by atoms with Crippen LogP contribution in [0.2, 0.25) is 5.02 Å². The summed E-state index contributed by atoms with van der Waals surface area (Å²) < 4.78 is 1.92. The predicted molar refractivity (Wildman–Crippen MR) is 123 cm³/mol. The number of aliphatic hydroxyl groups is 1. The van der Waals surface area contributed by atoms with Crippen LogP contribution in [0.1, 0.15) is 34.7 Å². The average molecular weight is 450 g/mol. The van der Waals surface area contributed by atoms with Crippen molar-refractivity contribution in [1.82, 2.24) is 14.5 Å². The van der Waals surface area contributed by atoms with Crippen LogP contribution in [0.25, 0.3) is 5.76 Å². The molecule has 1 aliphatic rings. The van der Waals surface area contributed by atoms with Gasteiger partial charge in [0, 0.05) is 36.1 Å². The second-order valence-corrected chi connectivity index (χ2v) is 8.45. The summed E-state index contributed by atoms with van der Waals surface area (Å²) in [5.74, 6) is -1.44. The number of likely N-dealkylation sites (tertiary alicyclic amines) is 1. The minimum atomic E-state index is -0.685. The Kier molecular flexibility index (Phi) is 6.15. The molecule has 0 aliphatic carbocycles. The van der Waals surface area contributed by atoms with Gasteiger partial charge in [-0.1, -0.05) is 41.4 Å². The molecule has 1 amide bonds. The highest BCUT2D eigenvalue weighted by atomic mass is 35.5. The molecule has 1 atom stereocenters. The molecule has 0 radical (unpaired) electrons. The Balaban J connectivity index is 1.76. The highest BCUT2D eigenvalue weighted by Gasteiger charge is 2.45. The predicted octanol–water partition coefficient (Wildman–Crippen LogP) is 4.67. The van der Waals surface area contributed by atoms with E-state index in [1.807, 2.05) is 42.8 Å². The number of hydrogen-bond donors (Lipinski definition) is 1. The molecule has 4 rings (SSSR count). The fourth-order valence-electron chi connectivity index (χ4n) is 4.08. The molecule has 1 unspecified atom stereocenters. The standard InChI is InChI=1S/C25H24ClN3O3/c1-16-4-5-17(2)20(14-16)23(30)21-22(18-6-8-19(26)9-7-18)29(25(32)24(21)31)12-3-11-28-13-10-27-15-28/h4-10,13-15,22,30H,3,11-12H2,1-2H3/b23-21-. The van der Waals surface area contributed by atoms with Gasteiger partial charge in [0.05, 0.1) is 17.9 Å². The SMILES string of the molecule is Cc1ccc(C)c(/C(O)=C2/C(=O)C(=O)N(CCCn3ccnc3)C2c2ccc(Cl)cc2)c1. The Hall–Kier alpha value is -3.38. The maximum Gasteiger partial charge on any atom is 0.295 e. The van der Waals surface area contributed by atoms with Crippen LogP contribution in [0.4, 0.5) is 0 Å². The van der Waals surface area contributed by atoms with Crippen LogP contribution in [0.15, 0.2) is 66.8 Å². The Morgan fingerprint density at radius 2 is 1.84 bits per heavy atom. The van der Waals surface area contributed by atoms with Crippen molar-refractivity contribution in [1.29, 1.82) is 0 Å². The summed E-state index contributed by atoms with van der Waals surface area (Å²) in [4.78, 5) is 31.7. The van der Waals surface area contributed by atoms with Crippen LogP contribution in [-0.2, 0) is 16.1 Å². The van der Waals surface area contributed by atoms with Crippen molar-refractivity contribution in [3.8, 4) is 0 Å². The third kappa shape index (κ3) is 4.18. The van der Waals surface area contributed by atoms with Crippen LogP contribution in [-0.4, -0.2) is 37.8 Å². The molecular weight excluding hydrogens is 426 g/mol. The number of aryl methyl sites for hydroxylation is 3. The van der Waals surface area contributed by atoms with Gasteiger partial charge >= 0.3 is 0 Å². The number of benzene rings is 2. The number of carbonyl (C=O) groups is 2. The topological polar surface area (TPSA) is 75.4 Å². The zero-order valence-corrected chi connectivity index (χ0v) is 18.7. The fraction of sp³-hybridized carbons (Fsp3) is 0.240. The van der Waals surface area contributed by atoms with E-state index in [2.05, 4.69) is 4.98 Å². The van der Waals surface area contributed by atoms with E-state index < -0.39 is 17.7 Å². The molecular formula is C25H24ClN3O3. The lowest BCUT2D eigenvalue weighted by molar-refractivity contribution is -0.139. The van der Waals surface area contributed by atoms with Crippen LogP contribution >= 0.6 is 11.6 Å². The monoisotopic (exact) mass is 449 g/mol. The van der Waals surface area contributed by atoms with Crippen LogP contribution < -0.4 is 0 Å². The van der Waals surface area contributed by atoms with E-state index in [0.29, 0.717) is 30.1 Å². The molecule has 0 spiro atoms. The van der Waals surface area contributed by atoms with Gasteiger partial charge in [0.15, 0.2) is 0 Å². The summed E-state index contributed by atoms with van der Waals surface area (Å²) in [5, 5.41) is 11.8. The van der Waals surface area contributed by atoms with Gasteiger partial charge in [-0.15, -0.1) is 0 Å². The van der Waals surface area contributed by atoms with E-state index >= 15 is 0 Å². The van der Waals surface area contributed by atoms with Crippen molar-refractivity contribution in [2.45, 2.75) is 32.9 Å². The Labute approximate surface area is 191 Å². The number of aromatic nitrogens is 2. The fourth-order valence-corrected chi connectivity index (χ4v) is 4.21. The maximum atomic E-state index is 13.1. The number of nitrogens with zero attached hydrogens (tertiary/aromatic N) is 3. The van der Waals surface area contributed by atoms with Crippen molar-refractivity contribution in [3.63, 3.8) is 0 Å². The number of aliphatic hydroxyl groups excluding tert-OH is 1. The first-order valence-electron chi connectivity index (χ1n) is 10.4. The minimum Gasteiger partial charge on any atom is -0.507 e. The van der Waals surface area contributed by atoms with Gasteiger partial charge < -0.3 is 14.6 Å². The normalized spacial score (nSPS) is 17.8. The summed E-state index contributed by atoms with van der Waals surface area (Å²) in [6.45, 7) is 4.81. The van der Waals surface area contributed by atoms with E-state index in [0.717, 1.165) is 16.7 Å². The first-order valence-corrected chi connectivity index (χ1v) is 10.8. The lowest BCUT2D eigenvalue weighted by Gasteiger charge is -2.25. The zero-order valence-electron chi connectivity index (χ0n) is 18.0. The molecule has 2 aromatic carbocycles. The second-order valence-electron chi connectivity index (χ2n) is 8.02. The largest absolute Gasteiger partial charge is 0.507 e. The average Bonchev–Trinajstić information content (AvgIpc) is 3.38. The molecule has 3 aromatic rings. The van der Waals surface area contributed by atoms with Gasteiger partial charge in [0.1, 0.15) is 5.76 Å². The molecule has 1 fully saturated rings. The van der Waals surface area contributed by atoms with Gasteiger partial charge in [-0.2, -0.15) is 0 Å². The van der Waals surface area contributed by atoms with Gasteiger partial charge in [-0.05, 0) is 49.6 Å². The molecule has 6 nitrogen and oxygen atoms in total. The number of rotatable bonds is 6. The molecule has 0 saturated carbocycles. The summed E-state index contributed by atoms with van der Waals surface area (Å²) >= 11 is 6.07. The third-order valence-electron chi connectivity index (χ3n) is 5.75. The van der Waals surface area contributed by atoms with E-state index in [1.54, 1.807) is 41.7 Å². The quantitative estimate of drug-likeness (QED) is 0.337. The van der Waals surface area contributed by atoms with Crippen molar-refractivity contribution in [3.05, 3.63) is 94.0 Å². The molecule has 7 heteroatoms. The highest BCUT2D eigenvalue weighted by molar-refractivity contribution is 6.46. The molecule has 2 heterocycles. The molecule has 1 N–H and O–H groups in total. The van der Waals surface area contributed by atoms with Crippen molar-refractivity contribution < 1.29 is 14.7 Å². The third-order valence-corrected chi connectivity index (χ3v) is 6.00. The second kappa shape index (κ2) is 9.01. The van der Waals surface area contributed by atoms with Crippen molar-refractivity contribution in [2.75, 3.05) is 6.54 Å². The number of amides is 1. The number of imidazole rings is 1. The van der Waals surface area contributed by atoms with E-state index in [9.17, 15) is 14.7 Å². The number of ketones is 1. The lowest BCUT2D eigenvalue weighted by atomic mass is 9.93. The van der Waals surface area contributed by atoms with Gasteiger partial charge in [-0.25, -0.2) is 4.98 Å². The Morgan fingerprint density at radius 1 is 1.09 bits per heavy atom. The van der Waals surface area contributed by atoms with E-state index in [4.69, 9.17) is 11.6 Å². The number of hydrogen-bond acceptors (Lipinski definition) is 4. The molecule has 1 aliphatic heterocycles. The Bertz CT molecular complexity index is 1180. The minimum absolute atomic E-state index is 0.105. The highest BCUT2D eigenvalue weighted by Crippen LogP contribution is 2.40. The summed E-state index contributed by atoms with van der Waals surface area (Å²) in [6, 6.07) is 12.0. The molecule has 164 valence electrons. The van der Waals surface area contributed by atoms with Crippen LogP contribution in [0.3, 0.4) is 0 Å². The van der Waals surface area contributed by atoms with Crippen LogP contribution in [0, 0.1) is 13.8 Å². The smallest absolute Gasteiger partial charge is 0.295 e. The van der Waals surface area contributed by atoms with Gasteiger partial charge in [0.2, 0.25) is 0 Å².